The van der Waals surface area contributed by atoms with E-state index >= 15 is 0 Å². The fourth-order valence-corrected chi connectivity index (χ4v) is 3.85. The van der Waals surface area contributed by atoms with E-state index in [1.807, 2.05) is 33.8 Å². The number of carbonyl (C=O) groups excluding carboxylic acids is 1. The van der Waals surface area contributed by atoms with Crippen LogP contribution in [0.2, 0.25) is 0 Å². The predicted molar refractivity (Wildman–Crippen MR) is 92.8 cm³/mol. The van der Waals surface area contributed by atoms with Gasteiger partial charge in [0.1, 0.15) is 5.75 Å². The second-order valence-corrected chi connectivity index (χ2v) is 6.69. The van der Waals surface area contributed by atoms with E-state index in [4.69, 9.17) is 9.84 Å². The molecular weight excluding hydrogens is 318 g/mol. The molecule has 0 spiro atoms. The van der Waals surface area contributed by atoms with Crippen molar-refractivity contribution in [2.45, 2.75) is 31.7 Å². The lowest BCUT2D eigenvalue weighted by Crippen LogP contribution is -2.38. The summed E-state index contributed by atoms with van der Waals surface area (Å²) in [5.74, 6) is 1.41. The molecule has 25 heavy (non-hydrogen) atoms. The number of ether oxygens (including phenoxy) is 1. The average molecular weight is 341 g/mol. The number of fused-ring (bicyclic) bond motifs is 1. The topological polar surface area (TPSA) is 67.6 Å². The molecule has 2 aromatic rings. The molecule has 3 heterocycles. The minimum atomic E-state index is 0.0913. The van der Waals surface area contributed by atoms with Gasteiger partial charge in [-0.25, -0.2) is 0 Å². The summed E-state index contributed by atoms with van der Waals surface area (Å²) in [6, 6.07) is 7.79. The summed E-state index contributed by atoms with van der Waals surface area (Å²) in [7, 11) is 0. The molecule has 2 aliphatic heterocycles. The van der Waals surface area contributed by atoms with Gasteiger partial charge in [-0.15, -0.1) is 0 Å². The Morgan fingerprint density at radius 3 is 2.92 bits per heavy atom. The van der Waals surface area contributed by atoms with Crippen molar-refractivity contribution in [1.29, 1.82) is 0 Å². The summed E-state index contributed by atoms with van der Waals surface area (Å²) in [5, 5.41) is 13.4. The Morgan fingerprint density at radius 2 is 2.12 bits per heavy atom. The first-order chi connectivity index (χ1) is 12.3. The molecule has 132 valence electrons. The van der Waals surface area contributed by atoms with Crippen LogP contribution in [0.5, 0.6) is 5.75 Å². The maximum absolute atomic E-state index is 12.8. The number of nitrogens with zero attached hydrogens (tertiary/aromatic N) is 3. The van der Waals surface area contributed by atoms with Gasteiger partial charge < -0.3 is 14.7 Å². The second-order valence-electron chi connectivity index (χ2n) is 6.69. The summed E-state index contributed by atoms with van der Waals surface area (Å²) in [6.07, 6.45) is 4.52. The minimum absolute atomic E-state index is 0.0913. The second kappa shape index (κ2) is 6.88. The van der Waals surface area contributed by atoms with Gasteiger partial charge in [-0.1, -0.05) is 0 Å². The van der Waals surface area contributed by atoms with Crippen LogP contribution in [0.15, 0.2) is 30.5 Å². The molecule has 6 nitrogen and oxygen atoms in total. The Bertz CT molecular complexity index is 763. The van der Waals surface area contributed by atoms with Gasteiger partial charge in [0.05, 0.1) is 19.8 Å². The van der Waals surface area contributed by atoms with Crippen molar-refractivity contribution in [3.05, 3.63) is 47.3 Å². The first kappa shape index (κ1) is 16.1. The van der Waals surface area contributed by atoms with Crippen molar-refractivity contribution >= 4 is 5.91 Å². The largest absolute Gasteiger partial charge is 0.493 e. The number of carbonyl (C=O) groups is 1. The SMILES string of the molecule is O=C(c1ccc2c(c1)CCO2)N1CCC(c2ccnn2CCO)CC1. The lowest BCUT2D eigenvalue weighted by Gasteiger charge is -2.32. The van der Waals surface area contributed by atoms with E-state index in [0.717, 1.165) is 54.9 Å². The van der Waals surface area contributed by atoms with Crippen LogP contribution in [0.3, 0.4) is 0 Å². The molecule has 0 saturated carbocycles. The zero-order valence-electron chi connectivity index (χ0n) is 14.2. The smallest absolute Gasteiger partial charge is 0.253 e. The average Bonchev–Trinajstić information content (AvgIpc) is 3.30. The van der Waals surface area contributed by atoms with Crippen LogP contribution in [0.25, 0.3) is 0 Å². The Labute approximate surface area is 147 Å². The van der Waals surface area contributed by atoms with Gasteiger partial charge in [-0.3, -0.25) is 9.48 Å². The van der Waals surface area contributed by atoms with E-state index in [9.17, 15) is 4.79 Å². The van der Waals surface area contributed by atoms with Crippen molar-refractivity contribution in [2.75, 3.05) is 26.3 Å². The molecule has 1 amide bonds. The number of aliphatic hydroxyl groups excluding tert-OH is 1. The predicted octanol–water partition coefficient (Wildman–Crippen LogP) is 1.83. The van der Waals surface area contributed by atoms with Crippen molar-refractivity contribution in [2.24, 2.45) is 0 Å². The number of rotatable bonds is 4. The van der Waals surface area contributed by atoms with Gasteiger partial charge >= 0.3 is 0 Å². The summed E-state index contributed by atoms with van der Waals surface area (Å²) >= 11 is 0. The monoisotopic (exact) mass is 341 g/mol. The fraction of sp³-hybridized carbons (Fsp3) is 0.474. The number of hydrogen-bond acceptors (Lipinski definition) is 4. The van der Waals surface area contributed by atoms with E-state index in [1.54, 1.807) is 6.20 Å². The summed E-state index contributed by atoms with van der Waals surface area (Å²) in [5.41, 5.74) is 3.05. The molecule has 0 radical (unpaired) electrons. The van der Waals surface area contributed by atoms with E-state index in [-0.39, 0.29) is 12.5 Å². The van der Waals surface area contributed by atoms with Crippen molar-refractivity contribution in [3.8, 4) is 5.75 Å². The molecule has 1 saturated heterocycles. The number of hydrogen-bond donors (Lipinski definition) is 1. The summed E-state index contributed by atoms with van der Waals surface area (Å²) in [6.45, 7) is 2.83. The Morgan fingerprint density at radius 1 is 1.28 bits per heavy atom. The number of piperidine rings is 1. The number of amides is 1. The Hall–Kier alpha value is -2.34. The first-order valence-corrected chi connectivity index (χ1v) is 8.94. The molecule has 2 aliphatic rings. The molecule has 1 aromatic carbocycles. The number of aliphatic hydroxyl groups is 1. The molecule has 6 heteroatoms. The van der Waals surface area contributed by atoms with Crippen LogP contribution in [0.1, 0.15) is 40.4 Å². The van der Waals surface area contributed by atoms with Gasteiger partial charge in [0.2, 0.25) is 0 Å². The highest BCUT2D eigenvalue weighted by Crippen LogP contribution is 2.30. The zero-order chi connectivity index (χ0) is 17.2. The molecule has 0 atom stereocenters. The molecule has 0 aliphatic carbocycles. The van der Waals surface area contributed by atoms with Crippen LogP contribution in [0.4, 0.5) is 0 Å². The quantitative estimate of drug-likeness (QED) is 0.921. The van der Waals surface area contributed by atoms with Crippen LogP contribution in [0, 0.1) is 0 Å². The lowest BCUT2D eigenvalue weighted by atomic mass is 9.93. The minimum Gasteiger partial charge on any atom is -0.493 e. The molecule has 0 bridgehead atoms. The number of aromatic nitrogens is 2. The first-order valence-electron chi connectivity index (χ1n) is 8.94. The third kappa shape index (κ3) is 3.14. The van der Waals surface area contributed by atoms with Crippen molar-refractivity contribution in [3.63, 3.8) is 0 Å². The van der Waals surface area contributed by atoms with Crippen molar-refractivity contribution < 1.29 is 14.6 Å². The van der Waals surface area contributed by atoms with Crippen molar-refractivity contribution in [1.82, 2.24) is 14.7 Å². The molecule has 1 aromatic heterocycles. The highest BCUT2D eigenvalue weighted by atomic mass is 16.5. The highest BCUT2D eigenvalue weighted by molar-refractivity contribution is 5.94. The maximum atomic E-state index is 12.8. The number of benzene rings is 1. The van der Waals surface area contributed by atoms with Gasteiger partial charge in [-0.05, 0) is 42.7 Å². The van der Waals surface area contributed by atoms with Crippen LogP contribution >= 0.6 is 0 Å². The summed E-state index contributed by atoms with van der Waals surface area (Å²) in [4.78, 5) is 14.7. The van der Waals surface area contributed by atoms with E-state index < -0.39 is 0 Å². The van der Waals surface area contributed by atoms with E-state index in [0.29, 0.717) is 19.1 Å². The third-order valence-corrected chi connectivity index (χ3v) is 5.20. The molecule has 1 N–H and O–H groups in total. The Balaban J connectivity index is 1.41. The number of likely N-dealkylation sites (tertiary alicyclic amines) is 1. The third-order valence-electron chi connectivity index (χ3n) is 5.20. The molecule has 1 fully saturated rings. The van der Waals surface area contributed by atoms with Gasteiger partial charge in [0.15, 0.2) is 0 Å². The molecule has 0 unspecified atom stereocenters. The summed E-state index contributed by atoms with van der Waals surface area (Å²) < 4.78 is 7.39. The lowest BCUT2D eigenvalue weighted by molar-refractivity contribution is 0.0711. The highest BCUT2D eigenvalue weighted by Gasteiger charge is 2.27. The van der Waals surface area contributed by atoms with Crippen LogP contribution in [-0.2, 0) is 13.0 Å². The fourth-order valence-electron chi connectivity index (χ4n) is 3.85. The Kier molecular flexibility index (Phi) is 4.44. The van der Waals surface area contributed by atoms with Gasteiger partial charge in [-0.2, -0.15) is 5.10 Å². The molecule has 4 rings (SSSR count). The standard InChI is InChI=1S/C19H23N3O3/c23-11-10-22-17(3-7-20-22)14-4-8-21(9-5-14)19(24)16-1-2-18-15(13-16)6-12-25-18/h1-3,7,13-14,23H,4-6,8-12H2. The van der Waals surface area contributed by atoms with Crippen LogP contribution < -0.4 is 4.74 Å². The zero-order valence-corrected chi connectivity index (χ0v) is 14.2. The van der Waals surface area contributed by atoms with E-state index in [2.05, 4.69) is 5.10 Å². The normalized spacial score (nSPS) is 17.4. The van der Waals surface area contributed by atoms with Gasteiger partial charge in [0.25, 0.3) is 5.91 Å². The maximum Gasteiger partial charge on any atom is 0.253 e. The van der Waals surface area contributed by atoms with E-state index in [1.165, 1.54) is 0 Å². The molecular formula is C19H23N3O3. The van der Waals surface area contributed by atoms with Gasteiger partial charge in [0, 0.05) is 42.9 Å². The van der Waals surface area contributed by atoms with Crippen LogP contribution in [-0.4, -0.2) is 52.0 Å².